The highest BCUT2D eigenvalue weighted by molar-refractivity contribution is 6.30. The molecule has 0 radical (unpaired) electrons. The van der Waals surface area contributed by atoms with Crippen LogP contribution in [0, 0.1) is 5.92 Å². The molecule has 0 aliphatic carbocycles. The molecule has 4 rings (SSSR count). The lowest BCUT2D eigenvalue weighted by atomic mass is 10.1. The third-order valence-corrected chi connectivity index (χ3v) is 5.24. The molecule has 146 valence electrons. The van der Waals surface area contributed by atoms with E-state index in [0.29, 0.717) is 17.3 Å². The molecule has 0 unspecified atom stereocenters. The number of rotatable bonds is 5. The quantitative estimate of drug-likeness (QED) is 0.448. The van der Waals surface area contributed by atoms with Crippen LogP contribution < -0.4 is 9.64 Å². The zero-order valence-electron chi connectivity index (χ0n) is 15.8. The maximum Gasteiger partial charge on any atom is 0.316 e. The van der Waals surface area contributed by atoms with E-state index in [2.05, 4.69) is 12.1 Å². The fourth-order valence-electron chi connectivity index (χ4n) is 3.44. The molecule has 1 fully saturated rings. The Balaban J connectivity index is 1.37. The molecule has 3 aromatic rings. The molecule has 1 heterocycles. The fraction of sp³-hybridized carbons (Fsp3) is 0.167. The summed E-state index contributed by atoms with van der Waals surface area (Å²) in [5.41, 5.74) is 3.10. The molecule has 0 N–H and O–H groups in total. The molecule has 1 atom stereocenters. The van der Waals surface area contributed by atoms with Crippen molar-refractivity contribution in [3.8, 4) is 5.75 Å². The van der Waals surface area contributed by atoms with E-state index < -0.39 is 5.92 Å². The molecule has 0 spiro atoms. The third kappa shape index (κ3) is 4.66. The van der Waals surface area contributed by atoms with Crippen molar-refractivity contribution in [1.29, 1.82) is 0 Å². The van der Waals surface area contributed by atoms with Gasteiger partial charge in [0.05, 0.1) is 5.92 Å². The number of halogens is 1. The third-order valence-electron chi connectivity index (χ3n) is 4.99. The monoisotopic (exact) mass is 405 g/mol. The second-order valence-corrected chi connectivity index (χ2v) is 7.55. The summed E-state index contributed by atoms with van der Waals surface area (Å²) in [4.78, 5) is 26.5. The van der Waals surface area contributed by atoms with Crippen molar-refractivity contribution < 1.29 is 14.3 Å². The topological polar surface area (TPSA) is 46.6 Å². The van der Waals surface area contributed by atoms with Gasteiger partial charge in [-0.2, -0.15) is 0 Å². The first-order valence-electron chi connectivity index (χ1n) is 9.49. The molecule has 4 nitrogen and oxygen atoms in total. The first-order valence-corrected chi connectivity index (χ1v) is 9.87. The van der Waals surface area contributed by atoms with E-state index in [1.807, 2.05) is 30.3 Å². The lowest BCUT2D eigenvalue weighted by molar-refractivity contribution is -0.139. The van der Waals surface area contributed by atoms with Crippen LogP contribution in [0.15, 0.2) is 78.9 Å². The van der Waals surface area contributed by atoms with Gasteiger partial charge in [0.15, 0.2) is 0 Å². The molecule has 3 aromatic carbocycles. The van der Waals surface area contributed by atoms with Crippen molar-refractivity contribution in [3.63, 3.8) is 0 Å². The predicted molar refractivity (Wildman–Crippen MR) is 113 cm³/mol. The maximum atomic E-state index is 12.5. The second kappa shape index (κ2) is 8.50. The van der Waals surface area contributed by atoms with E-state index >= 15 is 0 Å². The molecular formula is C24H20ClNO3. The summed E-state index contributed by atoms with van der Waals surface area (Å²) in [7, 11) is 0. The van der Waals surface area contributed by atoms with Gasteiger partial charge in [0.1, 0.15) is 5.75 Å². The van der Waals surface area contributed by atoms with Crippen LogP contribution in [0.25, 0.3) is 0 Å². The summed E-state index contributed by atoms with van der Waals surface area (Å²) in [6.45, 7) is 0.311. The highest BCUT2D eigenvalue weighted by Crippen LogP contribution is 2.27. The number of hydrogen-bond acceptors (Lipinski definition) is 3. The zero-order chi connectivity index (χ0) is 20.2. The second-order valence-electron chi connectivity index (χ2n) is 7.11. The standard InChI is InChI=1S/C24H20ClNO3/c25-20-8-10-21(11-9-20)26-16-19(15-23(26)27)24(28)29-22-12-6-18(7-13-22)14-17-4-2-1-3-5-17/h1-13,19H,14-16H2/t19-/m0/s1. The number of benzene rings is 3. The van der Waals surface area contributed by atoms with E-state index in [-0.39, 0.29) is 18.3 Å². The summed E-state index contributed by atoms with van der Waals surface area (Å²) in [5, 5.41) is 0.604. The number of ether oxygens (including phenoxy) is 1. The van der Waals surface area contributed by atoms with Crippen LogP contribution in [0.5, 0.6) is 5.75 Å². The average molecular weight is 406 g/mol. The lowest BCUT2D eigenvalue weighted by Crippen LogP contribution is -2.27. The minimum atomic E-state index is -0.484. The molecule has 1 amide bonds. The predicted octanol–water partition coefficient (Wildman–Crippen LogP) is 4.89. The number of amides is 1. The number of esters is 1. The molecule has 1 aliphatic heterocycles. The molecule has 0 bridgehead atoms. The van der Waals surface area contributed by atoms with Gasteiger partial charge in [-0.1, -0.05) is 54.1 Å². The van der Waals surface area contributed by atoms with Gasteiger partial charge in [0.25, 0.3) is 0 Å². The van der Waals surface area contributed by atoms with E-state index in [1.54, 1.807) is 41.3 Å². The minimum Gasteiger partial charge on any atom is -0.426 e. The van der Waals surface area contributed by atoms with E-state index in [1.165, 1.54) is 5.56 Å². The summed E-state index contributed by atoms with van der Waals surface area (Å²) in [6, 6.07) is 24.7. The van der Waals surface area contributed by atoms with Crippen LogP contribution in [0.1, 0.15) is 17.5 Å². The van der Waals surface area contributed by atoms with Crippen LogP contribution >= 0.6 is 11.6 Å². The van der Waals surface area contributed by atoms with Gasteiger partial charge in [-0.05, 0) is 53.9 Å². The first-order chi connectivity index (χ1) is 14.1. The first kappa shape index (κ1) is 19.2. The molecule has 0 aromatic heterocycles. The largest absolute Gasteiger partial charge is 0.426 e. The number of carbonyl (C=O) groups excluding carboxylic acids is 2. The molecule has 1 saturated heterocycles. The molecular weight excluding hydrogens is 386 g/mol. The lowest BCUT2D eigenvalue weighted by Gasteiger charge is -2.16. The van der Waals surface area contributed by atoms with Gasteiger partial charge in [-0.3, -0.25) is 9.59 Å². The van der Waals surface area contributed by atoms with Gasteiger partial charge in [0, 0.05) is 23.7 Å². The van der Waals surface area contributed by atoms with Crippen molar-refractivity contribution in [2.45, 2.75) is 12.8 Å². The van der Waals surface area contributed by atoms with Crippen molar-refractivity contribution in [2.24, 2.45) is 5.92 Å². The molecule has 0 saturated carbocycles. The van der Waals surface area contributed by atoms with Gasteiger partial charge in [0.2, 0.25) is 5.91 Å². The van der Waals surface area contributed by atoms with Gasteiger partial charge < -0.3 is 9.64 Å². The zero-order valence-corrected chi connectivity index (χ0v) is 16.5. The smallest absolute Gasteiger partial charge is 0.316 e. The summed E-state index contributed by atoms with van der Waals surface area (Å²) in [6.07, 6.45) is 0.968. The number of carbonyl (C=O) groups is 2. The van der Waals surface area contributed by atoms with Gasteiger partial charge in [-0.25, -0.2) is 0 Å². The van der Waals surface area contributed by atoms with E-state index in [9.17, 15) is 9.59 Å². The Bertz CT molecular complexity index is 1000. The summed E-state index contributed by atoms with van der Waals surface area (Å²) in [5.74, 6) is -0.468. The van der Waals surface area contributed by atoms with Gasteiger partial charge >= 0.3 is 5.97 Å². The summed E-state index contributed by atoms with van der Waals surface area (Å²) >= 11 is 5.90. The number of anilines is 1. The Morgan fingerprint density at radius 1 is 0.931 bits per heavy atom. The SMILES string of the molecule is O=C(Oc1ccc(Cc2ccccc2)cc1)[C@H]1CC(=O)N(c2ccc(Cl)cc2)C1. The van der Waals surface area contributed by atoms with E-state index in [0.717, 1.165) is 17.7 Å². The number of nitrogens with zero attached hydrogens (tertiary/aromatic N) is 1. The molecule has 29 heavy (non-hydrogen) atoms. The normalized spacial score (nSPS) is 16.1. The highest BCUT2D eigenvalue weighted by Gasteiger charge is 2.36. The molecule has 5 heteroatoms. The van der Waals surface area contributed by atoms with Crippen molar-refractivity contribution in [1.82, 2.24) is 0 Å². The van der Waals surface area contributed by atoms with Crippen LogP contribution in [0.2, 0.25) is 5.02 Å². The van der Waals surface area contributed by atoms with Gasteiger partial charge in [-0.15, -0.1) is 0 Å². The summed E-state index contributed by atoms with van der Waals surface area (Å²) < 4.78 is 5.52. The Kier molecular flexibility index (Phi) is 5.63. The fourth-order valence-corrected chi connectivity index (χ4v) is 3.57. The Morgan fingerprint density at radius 2 is 1.59 bits per heavy atom. The molecule has 1 aliphatic rings. The van der Waals surface area contributed by atoms with Crippen molar-refractivity contribution in [2.75, 3.05) is 11.4 Å². The Labute approximate surface area is 174 Å². The van der Waals surface area contributed by atoms with E-state index in [4.69, 9.17) is 16.3 Å². The van der Waals surface area contributed by atoms with Crippen molar-refractivity contribution in [3.05, 3.63) is 95.0 Å². The van der Waals surface area contributed by atoms with Crippen LogP contribution in [0.3, 0.4) is 0 Å². The maximum absolute atomic E-state index is 12.5. The van der Waals surface area contributed by atoms with Crippen LogP contribution in [0.4, 0.5) is 5.69 Å². The minimum absolute atomic E-state index is 0.0903. The van der Waals surface area contributed by atoms with Crippen LogP contribution in [-0.2, 0) is 16.0 Å². The Hall–Kier alpha value is -3.11. The number of hydrogen-bond donors (Lipinski definition) is 0. The van der Waals surface area contributed by atoms with Crippen molar-refractivity contribution >= 4 is 29.2 Å². The highest BCUT2D eigenvalue weighted by atomic mass is 35.5. The van der Waals surface area contributed by atoms with Crippen LogP contribution in [-0.4, -0.2) is 18.4 Å². The average Bonchev–Trinajstić information content (AvgIpc) is 3.13. The Morgan fingerprint density at radius 3 is 2.28 bits per heavy atom.